The van der Waals surface area contributed by atoms with E-state index in [0.717, 1.165) is 5.56 Å². The Bertz CT molecular complexity index is 460. The van der Waals surface area contributed by atoms with Crippen LogP contribution < -0.4 is 0 Å². The summed E-state index contributed by atoms with van der Waals surface area (Å²) in [5.41, 5.74) is 1.73. The Labute approximate surface area is 70.8 Å². The second-order valence-electron chi connectivity index (χ2n) is 2.75. The lowest BCUT2D eigenvalue weighted by molar-refractivity contribution is 0.599. The fourth-order valence-electron chi connectivity index (χ4n) is 1.19. The van der Waals surface area contributed by atoms with E-state index in [1.54, 1.807) is 12.1 Å². The summed E-state index contributed by atoms with van der Waals surface area (Å²) in [4.78, 5) is 0.313. The van der Waals surface area contributed by atoms with Gasteiger partial charge in [0, 0.05) is 11.8 Å². The van der Waals surface area contributed by atoms with Crippen molar-refractivity contribution in [3.63, 3.8) is 0 Å². The van der Waals surface area contributed by atoms with Gasteiger partial charge >= 0.3 is 0 Å². The highest BCUT2D eigenvalue weighted by atomic mass is 32.2. The van der Waals surface area contributed by atoms with Crippen LogP contribution in [0.5, 0.6) is 0 Å². The summed E-state index contributed by atoms with van der Waals surface area (Å²) >= 11 is 0. The molecule has 0 saturated carbocycles. The van der Waals surface area contributed by atoms with Gasteiger partial charge in [0.1, 0.15) is 0 Å². The van der Waals surface area contributed by atoms with Gasteiger partial charge in [-0.25, -0.2) is 0 Å². The fourth-order valence-corrected chi connectivity index (χ4v) is 2.20. The van der Waals surface area contributed by atoms with E-state index < -0.39 is 10.0 Å². The lowest BCUT2D eigenvalue weighted by Crippen LogP contribution is -1.92. The number of hydrogen-bond donors (Lipinski definition) is 0. The van der Waals surface area contributed by atoms with Gasteiger partial charge in [-0.3, -0.25) is 0 Å². The topological polar surface area (TPSA) is 46.5 Å². The Balaban J connectivity index is 2.78. The van der Waals surface area contributed by atoms with E-state index in [4.69, 9.17) is 0 Å². The first-order chi connectivity index (χ1) is 5.59. The maximum absolute atomic E-state index is 11.2. The maximum Gasteiger partial charge on any atom is 0.282 e. The summed E-state index contributed by atoms with van der Waals surface area (Å²) in [6.07, 6.45) is 1.39. The second-order valence-corrected chi connectivity index (χ2v) is 4.35. The Morgan fingerprint density at radius 3 is 2.83 bits per heavy atom. The molecule has 2 rings (SSSR count). The number of aryl methyl sites for hydroxylation is 1. The van der Waals surface area contributed by atoms with Crippen LogP contribution in [-0.2, 0) is 10.0 Å². The molecule has 12 heavy (non-hydrogen) atoms. The largest absolute Gasteiger partial charge is 0.282 e. The third-order valence-electron chi connectivity index (χ3n) is 1.77. The maximum atomic E-state index is 11.2. The van der Waals surface area contributed by atoms with Crippen LogP contribution in [0.25, 0.3) is 0 Å². The first-order valence-corrected chi connectivity index (χ1v) is 4.95. The number of benzene rings is 1. The van der Waals surface area contributed by atoms with Crippen LogP contribution in [0.1, 0.15) is 11.1 Å². The van der Waals surface area contributed by atoms with E-state index >= 15 is 0 Å². The minimum Gasteiger partial charge on any atom is -0.199 e. The Hall–Kier alpha value is -1.16. The fraction of sp³-hybridized carbons (Fsp3) is 0.125. The van der Waals surface area contributed by atoms with Crippen molar-refractivity contribution in [3.05, 3.63) is 29.3 Å². The van der Waals surface area contributed by atoms with Crippen molar-refractivity contribution in [1.29, 1.82) is 0 Å². The van der Waals surface area contributed by atoms with Crippen LogP contribution in [0.2, 0.25) is 0 Å². The van der Waals surface area contributed by atoms with Crippen LogP contribution in [-0.4, -0.2) is 14.6 Å². The Morgan fingerprint density at radius 2 is 2.08 bits per heavy atom. The SMILES string of the molecule is Cc1ccc2c(c1)C=NS2(=O)=O. The van der Waals surface area contributed by atoms with E-state index in [1.807, 2.05) is 13.0 Å². The van der Waals surface area contributed by atoms with Crippen LogP contribution >= 0.6 is 0 Å². The van der Waals surface area contributed by atoms with Crippen molar-refractivity contribution in [2.24, 2.45) is 4.40 Å². The predicted octanol–water partition coefficient (Wildman–Crippen LogP) is 1.12. The van der Waals surface area contributed by atoms with Gasteiger partial charge in [-0.05, 0) is 19.1 Å². The van der Waals surface area contributed by atoms with Crippen LogP contribution in [0.4, 0.5) is 0 Å². The summed E-state index contributed by atoms with van der Waals surface area (Å²) in [6.45, 7) is 1.92. The molecule has 0 saturated heterocycles. The summed E-state index contributed by atoms with van der Waals surface area (Å²) in [5.74, 6) is 0. The van der Waals surface area contributed by atoms with Gasteiger partial charge in [0.2, 0.25) is 0 Å². The van der Waals surface area contributed by atoms with Crippen molar-refractivity contribution < 1.29 is 8.42 Å². The van der Waals surface area contributed by atoms with Gasteiger partial charge in [0.15, 0.2) is 0 Å². The molecule has 1 aliphatic heterocycles. The monoisotopic (exact) mass is 181 g/mol. The van der Waals surface area contributed by atoms with Crippen molar-refractivity contribution in [2.45, 2.75) is 11.8 Å². The average molecular weight is 181 g/mol. The third-order valence-corrected chi connectivity index (χ3v) is 3.08. The number of fused-ring (bicyclic) bond motifs is 1. The molecule has 3 nitrogen and oxygen atoms in total. The quantitative estimate of drug-likeness (QED) is 0.602. The molecule has 0 bridgehead atoms. The van der Waals surface area contributed by atoms with Crippen LogP contribution in [0, 0.1) is 6.92 Å². The third kappa shape index (κ3) is 0.956. The van der Waals surface area contributed by atoms with Gasteiger partial charge in [-0.1, -0.05) is 11.6 Å². The number of sulfonamides is 1. The highest BCUT2D eigenvalue weighted by Gasteiger charge is 2.21. The Kier molecular flexibility index (Phi) is 1.35. The molecule has 0 atom stereocenters. The zero-order valence-corrected chi connectivity index (χ0v) is 7.30. The lowest BCUT2D eigenvalue weighted by Gasteiger charge is -1.96. The lowest BCUT2D eigenvalue weighted by atomic mass is 10.1. The van der Waals surface area contributed by atoms with Crippen molar-refractivity contribution >= 4 is 16.2 Å². The summed E-state index contributed by atoms with van der Waals surface area (Å²) in [6, 6.07) is 5.17. The van der Waals surface area contributed by atoms with Gasteiger partial charge in [-0.2, -0.15) is 12.8 Å². The summed E-state index contributed by atoms with van der Waals surface area (Å²) < 4.78 is 25.8. The summed E-state index contributed by atoms with van der Waals surface area (Å²) in [5, 5.41) is 0. The molecule has 0 aliphatic carbocycles. The van der Waals surface area contributed by atoms with E-state index in [0.29, 0.717) is 10.5 Å². The van der Waals surface area contributed by atoms with Crippen LogP contribution in [0.3, 0.4) is 0 Å². The van der Waals surface area contributed by atoms with Crippen molar-refractivity contribution in [1.82, 2.24) is 0 Å². The first kappa shape index (κ1) is 7.49. The second kappa shape index (κ2) is 2.17. The smallest absolute Gasteiger partial charge is 0.199 e. The molecule has 0 unspecified atom stereocenters. The zero-order valence-electron chi connectivity index (χ0n) is 6.48. The van der Waals surface area contributed by atoms with Gasteiger partial charge < -0.3 is 0 Å². The highest BCUT2D eigenvalue weighted by molar-refractivity contribution is 7.90. The molecule has 1 aliphatic rings. The molecule has 1 heterocycles. The van der Waals surface area contributed by atoms with Gasteiger partial charge in [0.05, 0.1) is 4.90 Å². The molecule has 0 amide bonds. The minimum atomic E-state index is -3.35. The number of hydrogen-bond acceptors (Lipinski definition) is 2. The van der Waals surface area contributed by atoms with Crippen LogP contribution in [0.15, 0.2) is 27.5 Å². The molecule has 1 aromatic rings. The molecular formula is C8H7NO2S. The molecule has 0 aromatic heterocycles. The van der Waals surface area contributed by atoms with Crippen molar-refractivity contribution in [2.75, 3.05) is 0 Å². The van der Waals surface area contributed by atoms with Gasteiger partial charge in [0.25, 0.3) is 10.0 Å². The van der Waals surface area contributed by atoms with E-state index in [-0.39, 0.29) is 0 Å². The van der Waals surface area contributed by atoms with E-state index in [2.05, 4.69) is 4.40 Å². The molecule has 62 valence electrons. The average Bonchev–Trinajstić information content (AvgIpc) is 2.27. The minimum absolute atomic E-state index is 0.313. The molecule has 0 spiro atoms. The summed E-state index contributed by atoms with van der Waals surface area (Å²) in [7, 11) is -3.35. The Morgan fingerprint density at radius 1 is 1.33 bits per heavy atom. The molecule has 0 fully saturated rings. The first-order valence-electron chi connectivity index (χ1n) is 3.50. The highest BCUT2D eigenvalue weighted by Crippen LogP contribution is 2.22. The molecular weight excluding hydrogens is 174 g/mol. The normalized spacial score (nSPS) is 17.8. The number of nitrogens with zero attached hydrogens (tertiary/aromatic N) is 1. The van der Waals surface area contributed by atoms with E-state index in [9.17, 15) is 8.42 Å². The zero-order chi connectivity index (χ0) is 8.77. The van der Waals surface area contributed by atoms with Gasteiger partial charge in [-0.15, -0.1) is 0 Å². The van der Waals surface area contributed by atoms with Crippen molar-refractivity contribution in [3.8, 4) is 0 Å². The van der Waals surface area contributed by atoms with E-state index in [1.165, 1.54) is 6.21 Å². The molecule has 0 radical (unpaired) electrons. The molecule has 0 N–H and O–H groups in total. The predicted molar refractivity (Wildman–Crippen MR) is 46.0 cm³/mol. The molecule has 1 aromatic carbocycles. The molecule has 4 heteroatoms. The number of rotatable bonds is 0. The standard InChI is InChI=1S/C8H7NO2S/c1-6-2-3-8-7(4-6)5-9-12(8,10)11/h2-5H,1H3.